The van der Waals surface area contributed by atoms with Gasteiger partial charge in [0, 0.05) is 25.3 Å². The van der Waals surface area contributed by atoms with Crippen molar-refractivity contribution in [3.63, 3.8) is 0 Å². The van der Waals surface area contributed by atoms with E-state index in [0.717, 1.165) is 0 Å². The molecule has 1 aromatic carbocycles. The van der Waals surface area contributed by atoms with Crippen molar-refractivity contribution in [2.24, 2.45) is 0 Å². The Labute approximate surface area is 142 Å². The molecule has 3 rings (SSSR count). The van der Waals surface area contributed by atoms with E-state index >= 15 is 0 Å². The number of halogens is 1. The van der Waals surface area contributed by atoms with Crippen LogP contribution in [0, 0.1) is 0 Å². The summed E-state index contributed by atoms with van der Waals surface area (Å²) in [6, 6.07) is 4.56. The molecule has 2 saturated heterocycles. The lowest BCUT2D eigenvalue weighted by Crippen LogP contribution is -2.48. The van der Waals surface area contributed by atoms with Crippen molar-refractivity contribution in [3.05, 3.63) is 28.8 Å². The fraction of sp³-hybridized carbons (Fsp3) is 0.400. The Bertz CT molecular complexity index is 696. The van der Waals surface area contributed by atoms with Gasteiger partial charge in [0.1, 0.15) is 0 Å². The number of carbonyl (C=O) groups is 3. The number of nitrogens with one attached hydrogen (secondary N) is 1. The number of aliphatic carboxylic acids is 1. The lowest BCUT2D eigenvalue weighted by atomic mass is 10.1. The van der Waals surface area contributed by atoms with Gasteiger partial charge >= 0.3 is 12.0 Å². The first-order chi connectivity index (χ1) is 11.5. The van der Waals surface area contributed by atoms with Crippen LogP contribution < -0.4 is 10.2 Å². The molecule has 0 saturated carbocycles. The Balaban J connectivity index is 1.84. The first-order valence-corrected chi connectivity index (χ1v) is 7.84. The van der Waals surface area contributed by atoms with E-state index in [0.29, 0.717) is 18.8 Å². The molecule has 0 bridgehead atoms. The number of urea groups is 1. The fourth-order valence-corrected chi connectivity index (χ4v) is 2.91. The zero-order valence-electron chi connectivity index (χ0n) is 12.7. The van der Waals surface area contributed by atoms with Gasteiger partial charge in [-0.1, -0.05) is 11.6 Å². The summed E-state index contributed by atoms with van der Waals surface area (Å²) in [5.41, 5.74) is 0.806. The maximum Gasteiger partial charge on any atom is 0.334 e. The molecule has 2 fully saturated rings. The van der Waals surface area contributed by atoms with Crippen LogP contribution in [0.5, 0.6) is 0 Å². The molecule has 1 atom stereocenters. The van der Waals surface area contributed by atoms with Crippen molar-refractivity contribution in [1.29, 1.82) is 0 Å². The first kappa shape index (κ1) is 16.5. The number of ether oxygens (including phenoxy) is 1. The van der Waals surface area contributed by atoms with Crippen LogP contribution in [-0.4, -0.2) is 66.8 Å². The third-order valence-electron chi connectivity index (χ3n) is 3.98. The van der Waals surface area contributed by atoms with Crippen molar-refractivity contribution in [2.45, 2.75) is 6.10 Å². The van der Waals surface area contributed by atoms with Crippen LogP contribution >= 0.6 is 11.6 Å². The van der Waals surface area contributed by atoms with Crippen LogP contribution in [0.15, 0.2) is 18.2 Å². The van der Waals surface area contributed by atoms with E-state index in [1.807, 2.05) is 0 Å². The minimum Gasteiger partial charge on any atom is -0.479 e. The summed E-state index contributed by atoms with van der Waals surface area (Å²) in [5, 5.41) is 12.0. The molecule has 8 nitrogen and oxygen atoms in total. The van der Waals surface area contributed by atoms with E-state index in [-0.39, 0.29) is 42.2 Å². The molecular formula is C15H16ClN3O5. The number of nitrogens with zero attached hydrogens (tertiary/aromatic N) is 2. The number of carboxylic acid groups (broad SMARTS) is 1. The third-order valence-corrected chi connectivity index (χ3v) is 4.31. The van der Waals surface area contributed by atoms with Gasteiger partial charge < -0.3 is 20.1 Å². The van der Waals surface area contributed by atoms with Crippen molar-refractivity contribution in [3.8, 4) is 0 Å². The SMILES string of the molecule is O=C(O)[C@H]1CN(C(=O)c2cc(N3CCNC3=O)ccc2Cl)CCO1. The van der Waals surface area contributed by atoms with E-state index in [2.05, 4.69) is 5.32 Å². The second kappa shape index (κ2) is 6.66. The van der Waals surface area contributed by atoms with Crippen LogP contribution in [-0.2, 0) is 9.53 Å². The summed E-state index contributed by atoms with van der Waals surface area (Å²) >= 11 is 6.14. The molecule has 128 valence electrons. The van der Waals surface area contributed by atoms with Gasteiger partial charge in [0.05, 0.1) is 23.7 Å². The number of carboxylic acids is 1. The molecule has 2 N–H and O–H groups in total. The zero-order valence-corrected chi connectivity index (χ0v) is 13.5. The Hall–Kier alpha value is -2.32. The van der Waals surface area contributed by atoms with Crippen LogP contribution in [0.1, 0.15) is 10.4 Å². The second-order valence-electron chi connectivity index (χ2n) is 5.50. The highest BCUT2D eigenvalue weighted by Crippen LogP contribution is 2.26. The van der Waals surface area contributed by atoms with E-state index in [4.69, 9.17) is 21.4 Å². The molecule has 9 heteroatoms. The van der Waals surface area contributed by atoms with Crippen LogP contribution in [0.2, 0.25) is 5.02 Å². The smallest absolute Gasteiger partial charge is 0.334 e. The van der Waals surface area contributed by atoms with Crippen molar-refractivity contribution in [2.75, 3.05) is 37.7 Å². The van der Waals surface area contributed by atoms with Crippen LogP contribution in [0.3, 0.4) is 0 Å². The molecule has 0 spiro atoms. The second-order valence-corrected chi connectivity index (χ2v) is 5.90. The minimum absolute atomic E-state index is 0.0427. The lowest BCUT2D eigenvalue weighted by molar-refractivity contribution is -0.154. The van der Waals surface area contributed by atoms with E-state index < -0.39 is 12.1 Å². The highest BCUT2D eigenvalue weighted by atomic mass is 35.5. The Morgan fingerprint density at radius 1 is 1.33 bits per heavy atom. The zero-order chi connectivity index (χ0) is 17.3. The fourth-order valence-electron chi connectivity index (χ4n) is 2.72. The van der Waals surface area contributed by atoms with Crippen molar-refractivity contribution >= 4 is 35.2 Å². The Kier molecular flexibility index (Phi) is 4.59. The average Bonchev–Trinajstić information content (AvgIpc) is 3.01. The molecule has 24 heavy (non-hydrogen) atoms. The molecule has 2 aliphatic rings. The number of hydrogen-bond acceptors (Lipinski definition) is 4. The summed E-state index contributed by atoms with van der Waals surface area (Å²) < 4.78 is 5.12. The van der Waals surface area contributed by atoms with Gasteiger partial charge in [0.15, 0.2) is 6.10 Å². The molecule has 3 amide bonds. The molecule has 0 aliphatic carbocycles. The van der Waals surface area contributed by atoms with Crippen LogP contribution in [0.4, 0.5) is 10.5 Å². The highest BCUT2D eigenvalue weighted by Gasteiger charge is 2.31. The quantitative estimate of drug-likeness (QED) is 0.837. The Morgan fingerprint density at radius 3 is 2.79 bits per heavy atom. The van der Waals surface area contributed by atoms with E-state index in [1.54, 1.807) is 18.2 Å². The van der Waals surface area contributed by atoms with Crippen molar-refractivity contribution < 1.29 is 24.2 Å². The summed E-state index contributed by atoms with van der Waals surface area (Å²) in [6.07, 6.45) is -1.05. The van der Waals surface area contributed by atoms with Gasteiger partial charge in [-0.05, 0) is 18.2 Å². The number of rotatable bonds is 3. The average molecular weight is 354 g/mol. The number of hydrogen-bond donors (Lipinski definition) is 2. The normalized spacial score (nSPS) is 20.9. The van der Waals surface area contributed by atoms with Gasteiger partial charge in [-0.2, -0.15) is 0 Å². The maximum atomic E-state index is 12.7. The first-order valence-electron chi connectivity index (χ1n) is 7.46. The highest BCUT2D eigenvalue weighted by molar-refractivity contribution is 6.34. The van der Waals surface area contributed by atoms with Gasteiger partial charge in [0.2, 0.25) is 0 Å². The largest absolute Gasteiger partial charge is 0.479 e. The minimum atomic E-state index is -1.11. The van der Waals surface area contributed by atoms with E-state index in [9.17, 15) is 14.4 Å². The topological polar surface area (TPSA) is 99.2 Å². The van der Waals surface area contributed by atoms with Crippen LogP contribution in [0.25, 0.3) is 0 Å². The molecule has 2 aliphatic heterocycles. The summed E-state index contributed by atoms with van der Waals surface area (Å²) in [5.74, 6) is -1.49. The molecule has 1 aromatic rings. The lowest BCUT2D eigenvalue weighted by Gasteiger charge is -2.31. The summed E-state index contributed by atoms with van der Waals surface area (Å²) in [4.78, 5) is 38.4. The number of morpholine rings is 1. The molecular weight excluding hydrogens is 338 g/mol. The predicted octanol–water partition coefficient (Wildman–Crippen LogP) is 0.795. The maximum absolute atomic E-state index is 12.7. The van der Waals surface area contributed by atoms with Gasteiger partial charge in [-0.15, -0.1) is 0 Å². The molecule has 2 heterocycles. The van der Waals surface area contributed by atoms with Gasteiger partial charge in [0.25, 0.3) is 5.91 Å². The standard InChI is InChI=1S/C15H16ClN3O5/c16-11-2-1-9(19-4-3-17-15(19)23)7-10(11)13(20)18-5-6-24-12(8-18)14(21)22/h1-2,7,12H,3-6,8H2,(H,17,23)(H,21,22)/t12-/m1/s1. The monoisotopic (exact) mass is 353 g/mol. The number of anilines is 1. The predicted molar refractivity (Wildman–Crippen MR) is 85.5 cm³/mol. The third kappa shape index (κ3) is 3.15. The molecule has 0 aromatic heterocycles. The summed E-state index contributed by atoms with van der Waals surface area (Å²) in [7, 11) is 0. The molecule has 0 radical (unpaired) electrons. The Morgan fingerprint density at radius 2 is 2.12 bits per heavy atom. The molecule has 0 unspecified atom stereocenters. The number of benzene rings is 1. The van der Waals surface area contributed by atoms with E-state index in [1.165, 1.54) is 9.80 Å². The van der Waals surface area contributed by atoms with Gasteiger partial charge in [-0.3, -0.25) is 9.69 Å². The van der Waals surface area contributed by atoms with Crippen molar-refractivity contribution in [1.82, 2.24) is 10.2 Å². The summed E-state index contributed by atoms with van der Waals surface area (Å²) in [6.45, 7) is 1.43. The van der Waals surface area contributed by atoms with Gasteiger partial charge in [-0.25, -0.2) is 9.59 Å². The number of amides is 3. The number of carbonyl (C=O) groups excluding carboxylic acids is 2.